The molecule has 184 valence electrons. The zero-order valence-corrected chi connectivity index (χ0v) is 21.8. The first-order chi connectivity index (χ1) is 18.0. The van der Waals surface area contributed by atoms with Crippen LogP contribution in [-0.4, -0.2) is 37.4 Å². The lowest BCUT2D eigenvalue weighted by Crippen LogP contribution is -2.24. The van der Waals surface area contributed by atoms with Gasteiger partial charge in [-0.05, 0) is 49.3 Å². The second-order valence-corrected chi connectivity index (χ2v) is 10.8. The fourth-order valence-corrected chi connectivity index (χ4v) is 5.29. The summed E-state index contributed by atoms with van der Waals surface area (Å²) in [6.07, 6.45) is 11.6. The van der Waals surface area contributed by atoms with Gasteiger partial charge in [-0.3, -0.25) is 20.1 Å². The van der Waals surface area contributed by atoms with E-state index in [2.05, 4.69) is 94.2 Å². The maximum absolute atomic E-state index is 4.82. The fraction of sp³-hybridized carbons (Fsp3) is 0.172. The van der Waals surface area contributed by atoms with Crippen molar-refractivity contribution < 1.29 is 0 Å². The van der Waals surface area contributed by atoms with Crippen LogP contribution in [0, 0.1) is 12.8 Å². The van der Waals surface area contributed by atoms with Crippen LogP contribution in [-0.2, 0) is 0 Å². The van der Waals surface area contributed by atoms with E-state index in [0.29, 0.717) is 12.5 Å². The lowest BCUT2D eigenvalue weighted by Gasteiger charge is -2.13. The Morgan fingerprint density at radius 2 is 1.97 bits per heavy atom. The van der Waals surface area contributed by atoms with E-state index in [1.807, 2.05) is 18.6 Å². The van der Waals surface area contributed by atoms with Crippen LogP contribution in [0.1, 0.15) is 24.3 Å². The molecule has 0 spiro atoms. The smallest absolute Gasteiger partial charge is 0.116 e. The number of H-pyrrole nitrogens is 2. The summed E-state index contributed by atoms with van der Waals surface area (Å²) in [5.74, 6) is 0.326. The summed E-state index contributed by atoms with van der Waals surface area (Å²) in [6.45, 7) is 11.0. The van der Waals surface area contributed by atoms with Crippen molar-refractivity contribution in [1.82, 2.24) is 25.1 Å². The molecule has 5 aromatic rings. The molecule has 0 unspecified atom stereocenters. The molecule has 0 amide bonds. The summed E-state index contributed by atoms with van der Waals surface area (Å²) >= 11 is 1.77. The molecule has 1 aliphatic heterocycles. The average molecular weight is 506 g/mol. The number of pyridine rings is 2. The van der Waals surface area contributed by atoms with Gasteiger partial charge < -0.3 is 10.3 Å². The molecular weight excluding hydrogens is 478 g/mol. The van der Waals surface area contributed by atoms with E-state index in [1.165, 1.54) is 9.75 Å². The minimum Gasteiger partial charge on any atom is -0.358 e. The van der Waals surface area contributed by atoms with Crippen molar-refractivity contribution >= 4 is 45.8 Å². The zero-order valence-electron chi connectivity index (χ0n) is 21.0. The molecule has 0 saturated carbocycles. The van der Waals surface area contributed by atoms with E-state index in [1.54, 1.807) is 17.5 Å². The summed E-state index contributed by atoms with van der Waals surface area (Å²) < 4.78 is 0. The topological polar surface area (TPSA) is 94.6 Å². The van der Waals surface area contributed by atoms with Crippen LogP contribution in [0.3, 0.4) is 0 Å². The highest BCUT2D eigenvalue weighted by molar-refractivity contribution is 7.15. The van der Waals surface area contributed by atoms with E-state index < -0.39 is 0 Å². The Labute approximate surface area is 218 Å². The average Bonchev–Trinajstić information content (AvgIpc) is 3.58. The molecule has 0 bridgehead atoms. The molecule has 8 heteroatoms. The number of aliphatic imine (C=N–C) groups is 1. The Morgan fingerprint density at radius 3 is 2.78 bits per heavy atom. The van der Waals surface area contributed by atoms with Gasteiger partial charge in [-0.25, -0.2) is 0 Å². The van der Waals surface area contributed by atoms with Crippen LogP contribution in [0.5, 0.6) is 0 Å². The molecule has 1 aliphatic rings. The number of hydrogen-bond acceptors (Lipinski definition) is 6. The van der Waals surface area contributed by atoms with Crippen molar-refractivity contribution in [3.05, 3.63) is 82.3 Å². The number of thiophene rings is 1. The largest absolute Gasteiger partial charge is 0.358 e. The molecular formula is C29H27N7S. The summed E-state index contributed by atoms with van der Waals surface area (Å²) in [5.41, 5.74) is 7.52. The number of allylic oxidation sites excluding steroid dienone is 1. The Balaban J connectivity index is 1.42. The van der Waals surface area contributed by atoms with Crippen LogP contribution in [0.4, 0.5) is 5.69 Å². The predicted molar refractivity (Wildman–Crippen MR) is 153 cm³/mol. The third-order valence-electron chi connectivity index (χ3n) is 6.51. The van der Waals surface area contributed by atoms with E-state index in [-0.39, 0.29) is 0 Å². The van der Waals surface area contributed by atoms with E-state index in [9.17, 15) is 0 Å². The Hall–Kier alpha value is -4.30. The summed E-state index contributed by atoms with van der Waals surface area (Å²) in [6, 6.07) is 8.52. The second kappa shape index (κ2) is 9.29. The number of nitrogens with one attached hydrogen (secondary N) is 3. The second-order valence-electron chi connectivity index (χ2n) is 9.48. The molecule has 6 rings (SSSR count). The van der Waals surface area contributed by atoms with Crippen molar-refractivity contribution in [1.29, 1.82) is 0 Å². The minimum atomic E-state index is 0.326. The van der Waals surface area contributed by atoms with Gasteiger partial charge in [-0.2, -0.15) is 5.10 Å². The van der Waals surface area contributed by atoms with Gasteiger partial charge >= 0.3 is 0 Å². The SMILES string of the molecule is C=C(Nc1cncc(C2=NCC=c3[nH]nc(-c4cc5c(-c6ccc(C)s6)cncc5[nH]4)c3=C2)c1)C(C)C. The van der Waals surface area contributed by atoms with Gasteiger partial charge in [-0.15, -0.1) is 11.3 Å². The molecule has 37 heavy (non-hydrogen) atoms. The van der Waals surface area contributed by atoms with Crippen LogP contribution in [0.25, 0.3) is 44.9 Å². The molecule has 0 saturated heterocycles. The monoisotopic (exact) mass is 505 g/mol. The molecule has 7 nitrogen and oxygen atoms in total. The van der Waals surface area contributed by atoms with Crippen molar-refractivity contribution in [2.75, 3.05) is 11.9 Å². The number of fused-ring (bicyclic) bond motifs is 2. The molecule has 3 N–H and O–H groups in total. The van der Waals surface area contributed by atoms with Crippen molar-refractivity contribution in [2.24, 2.45) is 10.9 Å². The van der Waals surface area contributed by atoms with Gasteiger partial charge in [0.1, 0.15) is 5.69 Å². The number of aryl methyl sites for hydroxylation is 1. The normalized spacial score (nSPS) is 13.0. The Bertz CT molecular complexity index is 1800. The zero-order chi connectivity index (χ0) is 25.5. The van der Waals surface area contributed by atoms with Crippen LogP contribution < -0.4 is 15.9 Å². The highest BCUT2D eigenvalue weighted by Crippen LogP contribution is 2.34. The number of hydrogen-bond donors (Lipinski definition) is 3. The van der Waals surface area contributed by atoms with Crippen LogP contribution in [0.2, 0.25) is 0 Å². The first-order valence-corrected chi connectivity index (χ1v) is 13.0. The molecule has 0 aliphatic carbocycles. The van der Waals surface area contributed by atoms with Gasteiger partial charge in [0.15, 0.2) is 0 Å². The highest BCUT2D eigenvalue weighted by Gasteiger charge is 2.15. The maximum Gasteiger partial charge on any atom is 0.116 e. The first-order valence-electron chi connectivity index (χ1n) is 12.2. The summed E-state index contributed by atoms with van der Waals surface area (Å²) in [4.78, 5) is 19.8. The van der Waals surface area contributed by atoms with Gasteiger partial charge in [0.05, 0.1) is 46.9 Å². The predicted octanol–water partition coefficient (Wildman–Crippen LogP) is 5.03. The van der Waals surface area contributed by atoms with Gasteiger partial charge in [-0.1, -0.05) is 20.4 Å². The summed E-state index contributed by atoms with van der Waals surface area (Å²) in [5, 5.41) is 14.3. The lowest BCUT2D eigenvalue weighted by atomic mass is 10.1. The minimum absolute atomic E-state index is 0.326. The standard InChI is InChI=1S/C29H27N7S/c1-16(2)18(4)33-20-9-19(12-30-13-20)25-11-22-24(7-8-32-25)35-36-29(22)26-10-21-23(14-31-15-27(21)34-26)28-6-5-17(3)37-28/h5-7,9-16,33-35H,4,8H2,1-3H3. The maximum atomic E-state index is 4.82. The van der Waals surface area contributed by atoms with E-state index in [0.717, 1.165) is 61.1 Å². The number of rotatable bonds is 6. The third kappa shape index (κ3) is 4.40. The van der Waals surface area contributed by atoms with Gasteiger partial charge in [0.25, 0.3) is 0 Å². The van der Waals surface area contributed by atoms with E-state index in [4.69, 9.17) is 4.99 Å². The number of nitrogens with zero attached hydrogens (tertiary/aromatic N) is 4. The van der Waals surface area contributed by atoms with Crippen molar-refractivity contribution in [2.45, 2.75) is 20.8 Å². The fourth-order valence-electron chi connectivity index (χ4n) is 4.40. The Kier molecular flexibility index (Phi) is 5.81. The van der Waals surface area contributed by atoms with Crippen LogP contribution >= 0.6 is 11.3 Å². The number of aromatic nitrogens is 5. The van der Waals surface area contributed by atoms with Gasteiger partial charge in [0.2, 0.25) is 0 Å². The van der Waals surface area contributed by atoms with E-state index >= 15 is 0 Å². The number of anilines is 1. The number of aromatic amines is 2. The van der Waals surface area contributed by atoms with Crippen LogP contribution in [0.15, 0.2) is 66.3 Å². The quantitative estimate of drug-likeness (QED) is 0.302. The molecule has 5 aromatic heterocycles. The molecule has 6 heterocycles. The first kappa shape index (κ1) is 23.1. The molecule has 0 atom stereocenters. The molecule has 0 radical (unpaired) electrons. The lowest BCUT2D eigenvalue weighted by molar-refractivity contribution is 0.778. The highest BCUT2D eigenvalue weighted by atomic mass is 32.1. The van der Waals surface area contributed by atoms with Gasteiger partial charge in [0, 0.05) is 49.6 Å². The van der Waals surface area contributed by atoms with Crippen molar-refractivity contribution in [3.8, 4) is 21.8 Å². The molecule has 0 aromatic carbocycles. The van der Waals surface area contributed by atoms with Crippen molar-refractivity contribution in [3.63, 3.8) is 0 Å². The Morgan fingerprint density at radius 1 is 1.11 bits per heavy atom. The summed E-state index contributed by atoms with van der Waals surface area (Å²) in [7, 11) is 0. The molecule has 0 fully saturated rings. The third-order valence-corrected chi connectivity index (χ3v) is 7.55.